The van der Waals surface area contributed by atoms with Crippen LogP contribution in [0, 0.1) is 0 Å². The zero-order chi connectivity index (χ0) is 21.0. The lowest BCUT2D eigenvalue weighted by molar-refractivity contribution is -0.122. The first kappa shape index (κ1) is 21.4. The quantitative estimate of drug-likeness (QED) is 0.718. The topological polar surface area (TPSA) is 84.9 Å². The maximum Gasteiger partial charge on any atom is 0.235 e. The molecule has 1 aliphatic heterocycles. The number of amides is 1. The third kappa shape index (κ3) is 5.62. The van der Waals surface area contributed by atoms with Gasteiger partial charge in [0.15, 0.2) is 11.5 Å². The number of ether oxygens (including phenoxy) is 2. The zero-order valence-corrected chi connectivity index (χ0v) is 17.8. The standard InChI is InChI=1S/C20H23ClN2O5S/c1-14(15-7-8-18-19(11-15)28-10-9-27-18)22-20(24)13-23(29(2,25)26)12-16-5-3-4-6-17(16)21/h3-8,11,14H,9-10,12-13H2,1-2H3,(H,22,24)/t14-/m0/s1. The molecule has 0 saturated carbocycles. The van der Waals surface area contributed by atoms with Crippen molar-refractivity contribution in [3.05, 3.63) is 58.6 Å². The van der Waals surface area contributed by atoms with E-state index in [0.717, 1.165) is 16.1 Å². The number of halogens is 1. The molecule has 156 valence electrons. The van der Waals surface area contributed by atoms with Crippen molar-refractivity contribution in [3.8, 4) is 11.5 Å². The Bertz CT molecular complexity index is 996. The molecule has 7 nitrogen and oxygen atoms in total. The highest BCUT2D eigenvalue weighted by molar-refractivity contribution is 7.88. The number of hydrogen-bond donors (Lipinski definition) is 1. The molecule has 1 aliphatic rings. The normalized spacial score (nSPS) is 14.5. The number of hydrogen-bond acceptors (Lipinski definition) is 5. The molecule has 0 aromatic heterocycles. The van der Waals surface area contributed by atoms with Crippen molar-refractivity contribution in [2.24, 2.45) is 0 Å². The van der Waals surface area contributed by atoms with Crippen molar-refractivity contribution in [2.75, 3.05) is 26.0 Å². The summed E-state index contributed by atoms with van der Waals surface area (Å²) < 4.78 is 36.5. The maximum absolute atomic E-state index is 12.5. The van der Waals surface area contributed by atoms with Gasteiger partial charge in [0, 0.05) is 11.6 Å². The molecule has 2 aromatic rings. The molecule has 0 saturated heterocycles. The highest BCUT2D eigenvalue weighted by Crippen LogP contribution is 2.32. The Balaban J connectivity index is 1.67. The van der Waals surface area contributed by atoms with Crippen LogP contribution < -0.4 is 14.8 Å². The summed E-state index contributed by atoms with van der Waals surface area (Å²) in [6.07, 6.45) is 1.07. The average molecular weight is 439 g/mol. The van der Waals surface area contributed by atoms with E-state index in [4.69, 9.17) is 21.1 Å². The molecule has 0 unspecified atom stereocenters. The van der Waals surface area contributed by atoms with Crippen LogP contribution in [0.15, 0.2) is 42.5 Å². The highest BCUT2D eigenvalue weighted by Gasteiger charge is 2.23. The molecule has 0 bridgehead atoms. The smallest absolute Gasteiger partial charge is 0.235 e. The molecular formula is C20H23ClN2O5S. The number of carbonyl (C=O) groups excluding carboxylic acids is 1. The van der Waals surface area contributed by atoms with Crippen LogP contribution >= 0.6 is 11.6 Å². The van der Waals surface area contributed by atoms with Gasteiger partial charge in [-0.3, -0.25) is 4.79 Å². The van der Waals surface area contributed by atoms with Gasteiger partial charge >= 0.3 is 0 Å². The average Bonchev–Trinajstić information content (AvgIpc) is 2.68. The van der Waals surface area contributed by atoms with E-state index in [9.17, 15) is 13.2 Å². The van der Waals surface area contributed by atoms with Gasteiger partial charge in [-0.1, -0.05) is 35.9 Å². The van der Waals surface area contributed by atoms with Crippen LogP contribution in [-0.4, -0.2) is 44.6 Å². The van der Waals surface area contributed by atoms with Gasteiger partial charge in [0.05, 0.1) is 18.8 Å². The number of nitrogens with zero attached hydrogens (tertiary/aromatic N) is 1. The van der Waals surface area contributed by atoms with E-state index >= 15 is 0 Å². The van der Waals surface area contributed by atoms with E-state index in [-0.39, 0.29) is 19.1 Å². The predicted octanol–water partition coefficient (Wildman–Crippen LogP) is 2.75. The van der Waals surface area contributed by atoms with Crippen LogP contribution in [0.1, 0.15) is 24.1 Å². The molecule has 2 aromatic carbocycles. The van der Waals surface area contributed by atoms with Crippen LogP contribution in [0.3, 0.4) is 0 Å². The van der Waals surface area contributed by atoms with Crippen molar-refractivity contribution in [1.29, 1.82) is 0 Å². The predicted molar refractivity (Wildman–Crippen MR) is 111 cm³/mol. The van der Waals surface area contributed by atoms with Gasteiger partial charge in [-0.25, -0.2) is 8.42 Å². The molecular weight excluding hydrogens is 416 g/mol. The second-order valence-corrected chi connectivity index (χ2v) is 9.20. The van der Waals surface area contributed by atoms with Gasteiger partial charge in [-0.05, 0) is 36.2 Å². The molecule has 3 rings (SSSR count). The SMILES string of the molecule is C[C@H](NC(=O)CN(Cc1ccccc1Cl)S(C)(=O)=O)c1ccc2c(c1)OCCO2. The summed E-state index contributed by atoms with van der Waals surface area (Å²) in [6.45, 7) is 2.51. The fourth-order valence-electron chi connectivity index (χ4n) is 2.97. The molecule has 1 atom stereocenters. The van der Waals surface area contributed by atoms with Crippen molar-refractivity contribution < 1.29 is 22.7 Å². The minimum atomic E-state index is -3.61. The lowest BCUT2D eigenvalue weighted by Gasteiger charge is -2.23. The molecule has 0 spiro atoms. The van der Waals surface area contributed by atoms with Crippen LogP contribution in [0.2, 0.25) is 5.02 Å². The van der Waals surface area contributed by atoms with E-state index in [0.29, 0.717) is 35.3 Å². The summed E-state index contributed by atoms with van der Waals surface area (Å²) in [7, 11) is -3.61. The Morgan fingerprint density at radius 2 is 1.86 bits per heavy atom. The summed E-state index contributed by atoms with van der Waals surface area (Å²) in [5.41, 5.74) is 1.46. The number of carbonyl (C=O) groups is 1. The van der Waals surface area contributed by atoms with Gasteiger partial charge in [0.25, 0.3) is 0 Å². The van der Waals surface area contributed by atoms with E-state index in [1.54, 1.807) is 30.3 Å². The Labute approximate surface area is 175 Å². The lowest BCUT2D eigenvalue weighted by atomic mass is 10.1. The summed E-state index contributed by atoms with van der Waals surface area (Å²) in [5.74, 6) is 0.887. The summed E-state index contributed by atoms with van der Waals surface area (Å²) >= 11 is 6.13. The summed E-state index contributed by atoms with van der Waals surface area (Å²) in [4.78, 5) is 12.5. The molecule has 0 radical (unpaired) electrons. The lowest BCUT2D eigenvalue weighted by Crippen LogP contribution is -2.40. The van der Waals surface area contributed by atoms with Crippen molar-refractivity contribution >= 4 is 27.5 Å². The fraction of sp³-hybridized carbons (Fsp3) is 0.350. The fourth-order valence-corrected chi connectivity index (χ4v) is 3.89. The second-order valence-electron chi connectivity index (χ2n) is 6.81. The molecule has 0 aliphatic carbocycles. The number of sulfonamides is 1. The largest absolute Gasteiger partial charge is 0.486 e. The molecule has 29 heavy (non-hydrogen) atoms. The van der Waals surface area contributed by atoms with Crippen LogP contribution in [0.4, 0.5) is 0 Å². The summed E-state index contributed by atoms with van der Waals surface area (Å²) in [6, 6.07) is 12.1. The van der Waals surface area contributed by atoms with Crippen LogP contribution in [-0.2, 0) is 21.4 Å². The van der Waals surface area contributed by atoms with E-state index in [1.165, 1.54) is 0 Å². The van der Waals surface area contributed by atoms with Crippen molar-refractivity contribution in [2.45, 2.75) is 19.5 Å². The number of benzene rings is 2. The Hall–Kier alpha value is -2.29. The minimum absolute atomic E-state index is 0.0182. The Morgan fingerprint density at radius 1 is 1.17 bits per heavy atom. The first-order chi connectivity index (χ1) is 13.7. The Morgan fingerprint density at radius 3 is 2.55 bits per heavy atom. The third-order valence-electron chi connectivity index (χ3n) is 4.54. The maximum atomic E-state index is 12.5. The summed E-state index contributed by atoms with van der Waals surface area (Å²) in [5, 5.41) is 3.28. The van der Waals surface area contributed by atoms with Gasteiger partial charge in [0.2, 0.25) is 15.9 Å². The van der Waals surface area contributed by atoms with Crippen molar-refractivity contribution in [1.82, 2.24) is 9.62 Å². The molecule has 1 heterocycles. The van der Waals surface area contributed by atoms with Crippen molar-refractivity contribution in [3.63, 3.8) is 0 Å². The molecule has 1 N–H and O–H groups in total. The molecule has 0 fully saturated rings. The molecule has 1 amide bonds. The third-order valence-corrected chi connectivity index (χ3v) is 6.10. The van der Waals surface area contributed by atoms with E-state index in [1.807, 2.05) is 19.1 Å². The monoisotopic (exact) mass is 438 g/mol. The van der Waals surface area contributed by atoms with Gasteiger partial charge in [0.1, 0.15) is 13.2 Å². The highest BCUT2D eigenvalue weighted by atomic mass is 35.5. The molecule has 9 heteroatoms. The van der Waals surface area contributed by atoms with E-state index < -0.39 is 15.9 Å². The van der Waals surface area contributed by atoms with Crippen LogP contribution in [0.25, 0.3) is 0 Å². The number of nitrogens with one attached hydrogen (secondary N) is 1. The first-order valence-corrected chi connectivity index (χ1v) is 11.3. The van der Waals surface area contributed by atoms with Gasteiger partial charge in [-0.2, -0.15) is 4.31 Å². The van der Waals surface area contributed by atoms with E-state index in [2.05, 4.69) is 5.32 Å². The number of fused-ring (bicyclic) bond motifs is 1. The second kappa shape index (κ2) is 9.02. The first-order valence-electron chi connectivity index (χ1n) is 9.11. The number of rotatable bonds is 7. The Kier molecular flexibility index (Phi) is 6.66. The zero-order valence-electron chi connectivity index (χ0n) is 16.2. The van der Waals surface area contributed by atoms with Gasteiger partial charge < -0.3 is 14.8 Å². The van der Waals surface area contributed by atoms with Crippen LogP contribution in [0.5, 0.6) is 11.5 Å². The minimum Gasteiger partial charge on any atom is -0.486 e. The van der Waals surface area contributed by atoms with Gasteiger partial charge in [-0.15, -0.1) is 0 Å².